The van der Waals surface area contributed by atoms with E-state index in [0.717, 1.165) is 11.1 Å². The topological polar surface area (TPSA) is 133 Å². The van der Waals surface area contributed by atoms with Crippen LogP contribution in [0, 0.1) is 0 Å². The Morgan fingerprint density at radius 1 is 0.794 bits per heavy atom. The summed E-state index contributed by atoms with van der Waals surface area (Å²) in [4.78, 5) is 10.9. The molecule has 0 spiro atoms. The second-order valence-corrected chi connectivity index (χ2v) is 9.99. The van der Waals surface area contributed by atoms with Gasteiger partial charge in [-0.1, -0.05) is 42.5 Å². The van der Waals surface area contributed by atoms with Crippen molar-refractivity contribution in [1.29, 1.82) is 0 Å². The van der Waals surface area contributed by atoms with Crippen molar-refractivity contribution in [3.05, 3.63) is 66.7 Å². The van der Waals surface area contributed by atoms with Gasteiger partial charge in [-0.15, -0.1) is 0 Å². The maximum absolute atomic E-state index is 13.2. The van der Waals surface area contributed by atoms with Gasteiger partial charge in [0.25, 0.3) is 0 Å². The Morgan fingerprint density at radius 2 is 1.41 bits per heavy atom. The quantitative estimate of drug-likeness (QED) is 0.382. The molecule has 1 aromatic heterocycles. The second-order valence-electron chi connectivity index (χ2n) is 8.05. The molecule has 4 aromatic rings. The molecule has 1 aliphatic rings. The third-order valence-electron chi connectivity index (χ3n) is 5.93. The highest BCUT2D eigenvalue weighted by atomic mass is 32.2. The first-order valence-electron chi connectivity index (χ1n) is 10.7. The number of benzene rings is 3. The minimum Gasteiger partial charge on any atom is -0.504 e. The first-order chi connectivity index (χ1) is 16.3. The second kappa shape index (κ2) is 8.47. The normalized spacial score (nSPS) is 15.0. The summed E-state index contributed by atoms with van der Waals surface area (Å²) in [6.45, 7) is 1.31. The van der Waals surface area contributed by atoms with Gasteiger partial charge in [-0.2, -0.15) is 9.29 Å². The lowest BCUT2D eigenvalue weighted by atomic mass is 10.1. The Hall–Kier alpha value is -3.89. The van der Waals surface area contributed by atoms with Crippen molar-refractivity contribution in [3.8, 4) is 22.6 Å². The van der Waals surface area contributed by atoms with E-state index in [9.17, 15) is 18.6 Å². The van der Waals surface area contributed by atoms with Crippen LogP contribution in [0.25, 0.3) is 22.0 Å². The molecule has 1 aliphatic heterocycles. The van der Waals surface area contributed by atoms with Crippen LogP contribution in [-0.2, 0) is 10.0 Å². The number of nitrogen functional groups attached to an aromatic ring is 1. The summed E-state index contributed by atoms with van der Waals surface area (Å²) in [5, 5.41) is 19.9. The average molecular weight is 478 g/mol. The Labute approximate surface area is 196 Å². The standard InChI is InChI=1S/C24H23N5O4S/c25-23-19-14-21(30)22(31)15-20(19)26-24(27-23)28-10-12-29(13-11-28)34(32,33)18-8-6-17(7-9-18)16-4-2-1-3-5-16/h1-9,14-15,30-31H,10-13H2,(H2,25,26,27). The number of aromatic nitrogens is 2. The number of rotatable bonds is 4. The first kappa shape index (κ1) is 21.9. The lowest BCUT2D eigenvalue weighted by molar-refractivity contribution is 0.382. The Morgan fingerprint density at radius 3 is 2.09 bits per heavy atom. The van der Waals surface area contributed by atoms with Crippen molar-refractivity contribution in [2.45, 2.75) is 4.90 Å². The number of phenolic OH excluding ortho intramolecular Hbond substituents is 2. The van der Waals surface area contributed by atoms with Crippen molar-refractivity contribution >= 4 is 32.7 Å². The average Bonchev–Trinajstić information content (AvgIpc) is 2.86. The number of sulfonamides is 1. The molecule has 2 heterocycles. The maximum atomic E-state index is 13.2. The zero-order chi connectivity index (χ0) is 23.9. The minimum absolute atomic E-state index is 0.170. The summed E-state index contributed by atoms with van der Waals surface area (Å²) in [5.41, 5.74) is 8.41. The molecule has 10 heteroatoms. The molecule has 5 rings (SSSR count). The van der Waals surface area contributed by atoms with E-state index in [-0.39, 0.29) is 35.3 Å². The van der Waals surface area contributed by atoms with Crippen LogP contribution in [0.3, 0.4) is 0 Å². The molecule has 3 aromatic carbocycles. The fourth-order valence-electron chi connectivity index (χ4n) is 4.03. The molecule has 0 radical (unpaired) electrons. The molecular formula is C24H23N5O4S. The van der Waals surface area contributed by atoms with E-state index < -0.39 is 10.0 Å². The zero-order valence-corrected chi connectivity index (χ0v) is 19.0. The van der Waals surface area contributed by atoms with Gasteiger partial charge < -0.3 is 20.8 Å². The van der Waals surface area contributed by atoms with Crippen LogP contribution < -0.4 is 10.6 Å². The van der Waals surface area contributed by atoms with E-state index in [0.29, 0.717) is 29.9 Å². The van der Waals surface area contributed by atoms with Crippen molar-refractivity contribution in [1.82, 2.24) is 14.3 Å². The van der Waals surface area contributed by atoms with E-state index in [2.05, 4.69) is 9.97 Å². The van der Waals surface area contributed by atoms with Crippen LogP contribution >= 0.6 is 0 Å². The predicted molar refractivity (Wildman–Crippen MR) is 130 cm³/mol. The summed E-state index contributed by atoms with van der Waals surface area (Å²) in [7, 11) is -3.64. The largest absolute Gasteiger partial charge is 0.504 e. The molecule has 0 aliphatic carbocycles. The maximum Gasteiger partial charge on any atom is 0.243 e. The van der Waals surface area contributed by atoms with Gasteiger partial charge in [0, 0.05) is 37.6 Å². The van der Waals surface area contributed by atoms with E-state index in [1.54, 1.807) is 12.1 Å². The van der Waals surface area contributed by atoms with Crippen molar-refractivity contribution in [2.75, 3.05) is 36.8 Å². The summed E-state index contributed by atoms with van der Waals surface area (Å²) >= 11 is 0. The number of piperazine rings is 1. The van der Waals surface area contributed by atoms with E-state index in [1.807, 2.05) is 47.4 Å². The third-order valence-corrected chi connectivity index (χ3v) is 7.84. The highest BCUT2D eigenvalue weighted by Gasteiger charge is 2.29. The molecule has 4 N–H and O–H groups in total. The molecule has 1 fully saturated rings. The zero-order valence-electron chi connectivity index (χ0n) is 18.2. The number of nitrogens with two attached hydrogens (primary N) is 1. The highest BCUT2D eigenvalue weighted by Crippen LogP contribution is 2.32. The van der Waals surface area contributed by atoms with Crippen molar-refractivity contribution < 1.29 is 18.6 Å². The van der Waals surface area contributed by atoms with Crippen LogP contribution in [0.2, 0.25) is 0 Å². The molecule has 0 bridgehead atoms. The van der Waals surface area contributed by atoms with Crippen molar-refractivity contribution in [2.24, 2.45) is 0 Å². The molecule has 34 heavy (non-hydrogen) atoms. The number of aromatic hydroxyl groups is 2. The number of hydrogen-bond acceptors (Lipinski definition) is 8. The van der Waals surface area contributed by atoms with Gasteiger partial charge in [0.2, 0.25) is 16.0 Å². The van der Waals surface area contributed by atoms with E-state index in [1.165, 1.54) is 16.4 Å². The summed E-state index contributed by atoms with van der Waals surface area (Å²) in [5.74, 6) is -0.0832. The number of nitrogens with zero attached hydrogens (tertiary/aromatic N) is 4. The predicted octanol–water partition coefficient (Wildman–Crippen LogP) is 2.80. The summed E-state index contributed by atoms with van der Waals surface area (Å²) in [6, 6.07) is 19.3. The van der Waals surface area contributed by atoms with E-state index in [4.69, 9.17) is 5.73 Å². The van der Waals surface area contributed by atoms with Crippen LogP contribution in [0.1, 0.15) is 0 Å². The monoisotopic (exact) mass is 477 g/mol. The molecule has 1 saturated heterocycles. The Bertz CT molecular complexity index is 1450. The molecule has 0 atom stereocenters. The fraction of sp³-hybridized carbons (Fsp3) is 0.167. The van der Waals surface area contributed by atoms with Crippen molar-refractivity contribution in [3.63, 3.8) is 0 Å². The van der Waals surface area contributed by atoms with Crippen LogP contribution in [0.4, 0.5) is 11.8 Å². The molecule has 9 nitrogen and oxygen atoms in total. The minimum atomic E-state index is -3.64. The lowest BCUT2D eigenvalue weighted by Gasteiger charge is -2.34. The molecule has 174 valence electrons. The Balaban J connectivity index is 1.32. The fourth-order valence-corrected chi connectivity index (χ4v) is 5.46. The Kier molecular flexibility index (Phi) is 5.46. The highest BCUT2D eigenvalue weighted by molar-refractivity contribution is 7.89. The SMILES string of the molecule is Nc1nc(N2CCN(S(=O)(=O)c3ccc(-c4ccccc4)cc3)CC2)nc2cc(O)c(O)cc12. The summed E-state index contributed by atoms with van der Waals surface area (Å²) in [6.07, 6.45) is 0. The number of anilines is 2. The van der Waals surface area contributed by atoms with Gasteiger partial charge in [-0.05, 0) is 29.3 Å². The summed E-state index contributed by atoms with van der Waals surface area (Å²) < 4.78 is 27.8. The van der Waals surface area contributed by atoms with Crippen LogP contribution in [0.15, 0.2) is 71.6 Å². The van der Waals surface area contributed by atoms with Crippen LogP contribution in [-0.4, -0.2) is 59.1 Å². The lowest BCUT2D eigenvalue weighted by Crippen LogP contribution is -2.49. The first-order valence-corrected chi connectivity index (χ1v) is 12.2. The number of phenols is 2. The number of fused-ring (bicyclic) bond motifs is 1. The van der Waals surface area contributed by atoms with Gasteiger partial charge in [0.05, 0.1) is 10.4 Å². The number of hydrogen-bond donors (Lipinski definition) is 3. The molecule has 0 amide bonds. The van der Waals surface area contributed by atoms with Gasteiger partial charge in [-0.3, -0.25) is 0 Å². The molecule has 0 saturated carbocycles. The van der Waals surface area contributed by atoms with Gasteiger partial charge >= 0.3 is 0 Å². The van der Waals surface area contributed by atoms with Gasteiger partial charge in [0.15, 0.2) is 11.5 Å². The van der Waals surface area contributed by atoms with Crippen LogP contribution in [0.5, 0.6) is 11.5 Å². The van der Waals surface area contributed by atoms with Gasteiger partial charge in [0.1, 0.15) is 5.82 Å². The third kappa shape index (κ3) is 3.97. The smallest absolute Gasteiger partial charge is 0.243 e. The van der Waals surface area contributed by atoms with E-state index >= 15 is 0 Å². The van der Waals surface area contributed by atoms with Gasteiger partial charge in [-0.25, -0.2) is 13.4 Å². The molecular weight excluding hydrogens is 454 g/mol. The molecule has 0 unspecified atom stereocenters.